The molecule has 2 rings (SSSR count). The van der Waals surface area contributed by atoms with Gasteiger partial charge in [-0.1, -0.05) is 12.2 Å². The van der Waals surface area contributed by atoms with Gasteiger partial charge in [-0.2, -0.15) is 5.10 Å². The smallest absolute Gasteiger partial charge is 0.155 e. The van der Waals surface area contributed by atoms with E-state index < -0.39 is 0 Å². The van der Waals surface area contributed by atoms with Crippen molar-refractivity contribution in [1.82, 2.24) is 14.8 Å². The summed E-state index contributed by atoms with van der Waals surface area (Å²) in [6.07, 6.45) is 9.02. The van der Waals surface area contributed by atoms with Crippen molar-refractivity contribution in [3.8, 4) is 0 Å². The fourth-order valence-electron chi connectivity index (χ4n) is 1.08. The van der Waals surface area contributed by atoms with Gasteiger partial charge in [-0.05, 0) is 19.4 Å². The van der Waals surface area contributed by atoms with Crippen molar-refractivity contribution >= 4 is 12.3 Å². The molecular formula is C8H9N3. The molecule has 0 unspecified atom stereocenters. The van der Waals surface area contributed by atoms with Crippen LogP contribution in [-0.4, -0.2) is 14.8 Å². The van der Waals surface area contributed by atoms with Gasteiger partial charge in [0, 0.05) is 6.20 Å². The summed E-state index contributed by atoms with van der Waals surface area (Å²) in [6, 6.07) is 0. The van der Waals surface area contributed by atoms with Crippen LogP contribution in [0, 0.1) is 6.92 Å². The van der Waals surface area contributed by atoms with Crippen molar-refractivity contribution in [2.45, 2.75) is 13.3 Å². The Labute approximate surface area is 65.1 Å². The Bertz CT molecular complexity index is 291. The third-order valence-corrected chi connectivity index (χ3v) is 1.55. The molecule has 1 aromatic rings. The Balaban J connectivity index is 2.56. The number of hydrogen-bond donors (Lipinski definition) is 0. The van der Waals surface area contributed by atoms with E-state index in [2.05, 4.69) is 22.2 Å². The molecule has 0 fully saturated rings. The van der Waals surface area contributed by atoms with Gasteiger partial charge in [-0.25, -0.2) is 9.67 Å². The summed E-state index contributed by atoms with van der Waals surface area (Å²) in [5.74, 6) is 1.73. The largest absolute Gasteiger partial charge is 0.221 e. The maximum Gasteiger partial charge on any atom is 0.155 e. The number of allylic oxidation sites excluding steroid dienone is 2. The lowest BCUT2D eigenvalue weighted by Gasteiger charge is -1.88. The van der Waals surface area contributed by atoms with E-state index in [9.17, 15) is 0 Å². The molecule has 0 atom stereocenters. The predicted octanol–water partition coefficient (Wildman–Crippen LogP) is 1.47. The second-order valence-electron chi connectivity index (χ2n) is 2.48. The van der Waals surface area contributed by atoms with Gasteiger partial charge < -0.3 is 0 Å². The van der Waals surface area contributed by atoms with Gasteiger partial charge in [-0.3, -0.25) is 0 Å². The van der Waals surface area contributed by atoms with Gasteiger partial charge in [0.1, 0.15) is 5.82 Å². The zero-order valence-electron chi connectivity index (χ0n) is 6.36. The van der Waals surface area contributed by atoms with Crippen LogP contribution in [0.4, 0.5) is 0 Å². The van der Waals surface area contributed by atoms with Crippen molar-refractivity contribution < 1.29 is 0 Å². The van der Waals surface area contributed by atoms with Crippen LogP contribution in [0.5, 0.6) is 0 Å². The molecule has 2 heterocycles. The number of rotatable bonds is 0. The normalized spacial score (nSPS) is 14.6. The molecule has 0 amide bonds. The zero-order chi connectivity index (χ0) is 7.68. The van der Waals surface area contributed by atoms with E-state index in [-0.39, 0.29) is 0 Å². The maximum atomic E-state index is 4.22. The minimum Gasteiger partial charge on any atom is -0.221 e. The average Bonchev–Trinajstić information content (AvgIpc) is 2.17. The minimum atomic E-state index is 0.816. The summed E-state index contributed by atoms with van der Waals surface area (Å²) in [4.78, 5) is 4.22. The molecule has 0 saturated carbocycles. The second kappa shape index (κ2) is 2.34. The number of nitrogens with zero attached hydrogens (tertiary/aromatic N) is 3. The topological polar surface area (TPSA) is 30.7 Å². The summed E-state index contributed by atoms with van der Waals surface area (Å²) in [5.41, 5.74) is 0. The Morgan fingerprint density at radius 1 is 1.45 bits per heavy atom. The van der Waals surface area contributed by atoms with E-state index >= 15 is 0 Å². The summed E-state index contributed by atoms with van der Waals surface area (Å²) >= 11 is 0. The van der Waals surface area contributed by atoms with E-state index in [0.717, 1.165) is 18.1 Å². The van der Waals surface area contributed by atoms with Crippen LogP contribution in [0.1, 0.15) is 18.1 Å². The molecule has 1 aliphatic heterocycles. The molecule has 0 spiro atoms. The van der Waals surface area contributed by atoms with Gasteiger partial charge in [0.05, 0.1) is 0 Å². The number of fused-ring (bicyclic) bond motifs is 1. The monoisotopic (exact) mass is 147 g/mol. The highest BCUT2D eigenvalue weighted by Crippen LogP contribution is 2.06. The van der Waals surface area contributed by atoms with E-state index in [1.165, 1.54) is 0 Å². The minimum absolute atomic E-state index is 0.816. The summed E-state index contributed by atoms with van der Waals surface area (Å²) < 4.78 is 1.79. The van der Waals surface area contributed by atoms with Crippen molar-refractivity contribution in [3.63, 3.8) is 0 Å². The average molecular weight is 147 g/mol. The molecule has 11 heavy (non-hydrogen) atoms. The molecule has 0 saturated heterocycles. The lowest BCUT2D eigenvalue weighted by atomic mass is 10.4. The SMILES string of the molecule is Cc1nc2n(n1)C=CCC=C2. The Morgan fingerprint density at radius 2 is 2.36 bits per heavy atom. The van der Waals surface area contributed by atoms with E-state index in [1.807, 2.05) is 19.2 Å². The number of hydrogen-bond acceptors (Lipinski definition) is 2. The fourth-order valence-corrected chi connectivity index (χ4v) is 1.08. The van der Waals surface area contributed by atoms with Crippen LogP contribution in [-0.2, 0) is 0 Å². The van der Waals surface area contributed by atoms with Crippen LogP contribution < -0.4 is 0 Å². The van der Waals surface area contributed by atoms with Gasteiger partial charge >= 0.3 is 0 Å². The number of aromatic nitrogens is 3. The quantitative estimate of drug-likeness (QED) is 0.556. The first kappa shape index (κ1) is 6.34. The summed E-state index contributed by atoms with van der Waals surface area (Å²) in [6.45, 7) is 1.89. The molecule has 0 bridgehead atoms. The molecule has 3 heteroatoms. The van der Waals surface area contributed by atoms with Crippen LogP contribution in [0.3, 0.4) is 0 Å². The third kappa shape index (κ3) is 1.09. The van der Waals surface area contributed by atoms with E-state index in [0.29, 0.717) is 0 Å². The molecule has 0 N–H and O–H groups in total. The fraction of sp³-hybridized carbons (Fsp3) is 0.250. The molecule has 1 aromatic heterocycles. The van der Waals surface area contributed by atoms with Crippen molar-refractivity contribution in [3.05, 3.63) is 23.8 Å². The molecule has 0 aliphatic carbocycles. The van der Waals surface area contributed by atoms with Crippen LogP contribution in [0.25, 0.3) is 12.3 Å². The summed E-state index contributed by atoms with van der Waals surface area (Å²) in [5, 5.41) is 4.18. The molecule has 1 aliphatic rings. The van der Waals surface area contributed by atoms with E-state index in [4.69, 9.17) is 0 Å². The first-order valence-electron chi connectivity index (χ1n) is 3.62. The van der Waals surface area contributed by atoms with Gasteiger partial charge in [0.15, 0.2) is 5.82 Å². The Kier molecular flexibility index (Phi) is 1.35. The molecule has 0 aromatic carbocycles. The van der Waals surface area contributed by atoms with Gasteiger partial charge in [-0.15, -0.1) is 0 Å². The van der Waals surface area contributed by atoms with Gasteiger partial charge in [0.2, 0.25) is 0 Å². The van der Waals surface area contributed by atoms with Crippen LogP contribution in [0.15, 0.2) is 12.2 Å². The Hall–Kier alpha value is -1.38. The zero-order valence-corrected chi connectivity index (χ0v) is 6.36. The second-order valence-corrected chi connectivity index (χ2v) is 2.48. The van der Waals surface area contributed by atoms with Crippen molar-refractivity contribution in [2.24, 2.45) is 0 Å². The van der Waals surface area contributed by atoms with Gasteiger partial charge in [0.25, 0.3) is 0 Å². The highest BCUT2D eigenvalue weighted by molar-refractivity contribution is 5.47. The standard InChI is InChI=1S/C8H9N3/c1-7-9-8-5-3-2-4-6-11(8)10-7/h3-6H,2H2,1H3. The molecule has 56 valence electrons. The highest BCUT2D eigenvalue weighted by atomic mass is 15.3. The lowest BCUT2D eigenvalue weighted by Crippen LogP contribution is -1.90. The highest BCUT2D eigenvalue weighted by Gasteiger charge is 2.01. The summed E-state index contributed by atoms with van der Waals surface area (Å²) in [7, 11) is 0. The molecule has 3 nitrogen and oxygen atoms in total. The first-order chi connectivity index (χ1) is 5.36. The van der Waals surface area contributed by atoms with Crippen LogP contribution in [0.2, 0.25) is 0 Å². The van der Waals surface area contributed by atoms with Crippen molar-refractivity contribution in [2.75, 3.05) is 0 Å². The molecular weight excluding hydrogens is 138 g/mol. The van der Waals surface area contributed by atoms with E-state index in [1.54, 1.807) is 4.68 Å². The third-order valence-electron chi connectivity index (χ3n) is 1.55. The lowest BCUT2D eigenvalue weighted by molar-refractivity contribution is 0.903. The maximum absolute atomic E-state index is 4.22. The Morgan fingerprint density at radius 3 is 3.27 bits per heavy atom. The van der Waals surface area contributed by atoms with Crippen molar-refractivity contribution in [1.29, 1.82) is 0 Å². The predicted molar refractivity (Wildman–Crippen MR) is 43.7 cm³/mol. The molecule has 0 radical (unpaired) electrons. The van der Waals surface area contributed by atoms with Crippen LogP contribution >= 0.6 is 0 Å². The first-order valence-corrected chi connectivity index (χ1v) is 3.62. The number of aryl methyl sites for hydroxylation is 1.